The van der Waals surface area contributed by atoms with Gasteiger partial charge in [-0.05, 0) is 41.5 Å². The van der Waals surface area contributed by atoms with Crippen LogP contribution in [-0.4, -0.2) is 39.0 Å². The summed E-state index contributed by atoms with van der Waals surface area (Å²) in [6.45, 7) is 0. The number of carbonyl (C=O) groups excluding carboxylic acids is 1. The summed E-state index contributed by atoms with van der Waals surface area (Å²) < 4.78 is 54.4. The van der Waals surface area contributed by atoms with Crippen LogP contribution in [0.25, 0.3) is 11.1 Å². The van der Waals surface area contributed by atoms with Crippen LogP contribution in [0.5, 0.6) is 0 Å². The summed E-state index contributed by atoms with van der Waals surface area (Å²) in [6, 6.07) is 7.24. The van der Waals surface area contributed by atoms with Crippen LogP contribution in [0.15, 0.2) is 60.0 Å². The van der Waals surface area contributed by atoms with Gasteiger partial charge >= 0.3 is 6.18 Å². The molecule has 31 heavy (non-hydrogen) atoms. The summed E-state index contributed by atoms with van der Waals surface area (Å²) in [7, 11) is 1.35. The molecule has 0 radical (unpaired) electrons. The predicted molar refractivity (Wildman–Crippen MR) is 102 cm³/mol. The van der Waals surface area contributed by atoms with Crippen molar-refractivity contribution in [1.29, 1.82) is 0 Å². The number of pyridine rings is 1. The molecule has 1 aliphatic rings. The number of nitrogens with zero attached hydrogens (tertiary/aromatic N) is 5. The molecule has 0 saturated heterocycles. The third-order valence-electron chi connectivity index (χ3n) is 4.99. The van der Waals surface area contributed by atoms with Gasteiger partial charge in [0, 0.05) is 24.4 Å². The number of hydrogen-bond acceptors (Lipinski definition) is 6. The van der Waals surface area contributed by atoms with Crippen molar-refractivity contribution < 1.29 is 22.4 Å². The number of benzene rings is 1. The maximum atomic E-state index is 14.6. The van der Waals surface area contributed by atoms with Gasteiger partial charge in [-0.2, -0.15) is 23.4 Å². The van der Waals surface area contributed by atoms with Gasteiger partial charge in [0.1, 0.15) is 11.5 Å². The molecule has 11 heteroatoms. The van der Waals surface area contributed by atoms with Gasteiger partial charge in [0.25, 0.3) is 5.91 Å². The lowest BCUT2D eigenvalue weighted by atomic mass is 9.81. The molecular weight excluding hydrogens is 416 g/mol. The Morgan fingerprint density at radius 3 is 2.39 bits per heavy atom. The van der Waals surface area contributed by atoms with Crippen molar-refractivity contribution in [1.82, 2.24) is 20.1 Å². The van der Waals surface area contributed by atoms with E-state index in [9.17, 15) is 22.4 Å². The fourth-order valence-electron chi connectivity index (χ4n) is 3.42. The number of aromatic nitrogens is 3. The van der Waals surface area contributed by atoms with E-state index in [1.807, 2.05) is 0 Å². The van der Waals surface area contributed by atoms with Crippen LogP contribution >= 0.6 is 0 Å². The smallest absolute Gasteiger partial charge is 0.369 e. The number of guanidine groups is 1. The number of halogens is 4. The number of hydrogen-bond donors (Lipinski definition) is 1. The van der Waals surface area contributed by atoms with Crippen molar-refractivity contribution in [2.45, 2.75) is 11.7 Å². The minimum Gasteiger partial charge on any atom is -0.369 e. The molecule has 1 amide bonds. The molecule has 158 valence electrons. The molecule has 0 fully saturated rings. The van der Waals surface area contributed by atoms with Crippen LogP contribution in [0.3, 0.4) is 0 Å². The largest absolute Gasteiger partial charge is 0.433 e. The Hall–Kier alpha value is -3.89. The normalized spacial score (nSPS) is 18.9. The highest BCUT2D eigenvalue weighted by molar-refractivity contribution is 6.09. The Balaban J connectivity index is 1.99. The first-order chi connectivity index (χ1) is 14.6. The molecule has 1 aliphatic heterocycles. The zero-order chi connectivity index (χ0) is 22.4. The van der Waals surface area contributed by atoms with Crippen molar-refractivity contribution in [3.05, 3.63) is 77.6 Å². The number of aliphatic imine (C=N–C) groups is 1. The highest BCUT2D eigenvalue weighted by Crippen LogP contribution is 2.42. The van der Waals surface area contributed by atoms with E-state index in [-0.39, 0.29) is 22.6 Å². The number of alkyl halides is 3. The molecule has 3 heterocycles. The van der Waals surface area contributed by atoms with Crippen LogP contribution in [-0.2, 0) is 16.5 Å². The number of likely N-dealkylation sites (N-methyl/N-ethyl adjacent to an activating group) is 1. The fraction of sp³-hybridized carbons (Fsp3) is 0.150. The lowest BCUT2D eigenvalue weighted by Crippen LogP contribution is -2.41. The van der Waals surface area contributed by atoms with E-state index in [1.54, 1.807) is 0 Å². The fourth-order valence-corrected chi connectivity index (χ4v) is 3.42. The van der Waals surface area contributed by atoms with E-state index in [0.717, 1.165) is 23.2 Å². The molecule has 0 bridgehead atoms. The predicted octanol–water partition coefficient (Wildman–Crippen LogP) is 2.73. The Kier molecular flexibility index (Phi) is 4.68. The molecule has 2 N–H and O–H groups in total. The number of nitrogens with two attached hydrogens (primary N) is 1. The molecule has 1 aromatic carbocycles. The van der Waals surface area contributed by atoms with Gasteiger partial charge in [-0.15, -0.1) is 0 Å². The van der Waals surface area contributed by atoms with Gasteiger partial charge < -0.3 is 5.73 Å². The topological polar surface area (TPSA) is 97.4 Å². The molecule has 2 aromatic heterocycles. The highest BCUT2D eigenvalue weighted by Gasteiger charge is 2.50. The van der Waals surface area contributed by atoms with E-state index in [2.05, 4.69) is 20.2 Å². The first-order valence-electron chi connectivity index (χ1n) is 8.89. The zero-order valence-corrected chi connectivity index (χ0v) is 15.9. The summed E-state index contributed by atoms with van der Waals surface area (Å²) in [6.07, 6.45) is -1.12. The van der Waals surface area contributed by atoms with Crippen molar-refractivity contribution in [2.24, 2.45) is 10.7 Å². The SMILES string of the molecule is CN1C(=O)C(c2ccnc(C(F)(F)F)c2)(c2ccc(F)c(-c3ccnnc3)c2)N=C1N. The van der Waals surface area contributed by atoms with Crippen molar-refractivity contribution >= 4 is 11.9 Å². The van der Waals surface area contributed by atoms with Crippen molar-refractivity contribution in [3.63, 3.8) is 0 Å². The molecule has 1 unspecified atom stereocenters. The van der Waals surface area contributed by atoms with E-state index >= 15 is 0 Å². The van der Waals surface area contributed by atoms with Crippen molar-refractivity contribution in [3.8, 4) is 11.1 Å². The standard InChI is InChI=1S/C20H14F4N6O/c1-30-17(31)19(29-18(30)25,13-5-6-26-16(9-13)20(22,23)24)12-2-3-15(21)14(8-12)11-4-7-27-28-10-11/h2-10H,1H3,(H2,25,29). The Bertz CT molecular complexity index is 1200. The summed E-state index contributed by atoms with van der Waals surface area (Å²) in [5.41, 5.74) is 3.19. The molecule has 7 nitrogen and oxygen atoms in total. The van der Waals surface area contributed by atoms with Gasteiger partial charge in [-0.25, -0.2) is 9.38 Å². The van der Waals surface area contributed by atoms with Crippen LogP contribution in [0.2, 0.25) is 0 Å². The molecular formula is C20H14F4N6O. The average molecular weight is 430 g/mol. The second-order valence-electron chi connectivity index (χ2n) is 6.80. The minimum atomic E-state index is -4.74. The van der Waals surface area contributed by atoms with Crippen molar-refractivity contribution in [2.75, 3.05) is 7.05 Å². The van der Waals surface area contributed by atoms with Crippen LogP contribution < -0.4 is 5.73 Å². The average Bonchev–Trinajstić information content (AvgIpc) is 2.99. The van der Waals surface area contributed by atoms with Crippen LogP contribution in [0.4, 0.5) is 17.6 Å². The Labute approximate surface area is 173 Å². The monoisotopic (exact) mass is 430 g/mol. The first kappa shape index (κ1) is 20.4. The summed E-state index contributed by atoms with van der Waals surface area (Å²) >= 11 is 0. The summed E-state index contributed by atoms with van der Waals surface area (Å²) in [5, 5.41) is 7.35. The quantitative estimate of drug-likeness (QED) is 0.645. The number of rotatable bonds is 3. The second-order valence-corrected chi connectivity index (χ2v) is 6.80. The molecule has 0 aliphatic carbocycles. The van der Waals surface area contributed by atoms with E-state index in [1.165, 1.54) is 43.7 Å². The molecule has 4 rings (SSSR count). The molecule has 3 aromatic rings. The summed E-state index contributed by atoms with van der Waals surface area (Å²) in [5.74, 6) is -1.49. The number of amides is 1. The van der Waals surface area contributed by atoms with Gasteiger partial charge in [0.15, 0.2) is 11.5 Å². The Morgan fingerprint density at radius 1 is 1.03 bits per heavy atom. The number of carbonyl (C=O) groups is 1. The lowest BCUT2D eigenvalue weighted by molar-refractivity contribution is -0.141. The van der Waals surface area contributed by atoms with E-state index < -0.39 is 29.1 Å². The van der Waals surface area contributed by atoms with E-state index in [0.29, 0.717) is 5.56 Å². The first-order valence-corrected chi connectivity index (χ1v) is 8.89. The maximum absolute atomic E-state index is 14.6. The van der Waals surface area contributed by atoms with Gasteiger partial charge in [-0.1, -0.05) is 6.07 Å². The highest BCUT2D eigenvalue weighted by atomic mass is 19.4. The van der Waals surface area contributed by atoms with Gasteiger partial charge in [0.05, 0.1) is 12.4 Å². The molecule has 0 spiro atoms. The van der Waals surface area contributed by atoms with Crippen LogP contribution in [0, 0.1) is 5.82 Å². The Morgan fingerprint density at radius 2 is 1.77 bits per heavy atom. The molecule has 1 atom stereocenters. The lowest BCUT2D eigenvalue weighted by Gasteiger charge is -2.27. The third kappa shape index (κ3) is 3.27. The third-order valence-corrected chi connectivity index (χ3v) is 4.99. The second kappa shape index (κ2) is 7.11. The minimum absolute atomic E-state index is 0.0769. The summed E-state index contributed by atoms with van der Waals surface area (Å²) in [4.78, 5) is 21.9. The van der Waals surface area contributed by atoms with Crippen LogP contribution in [0.1, 0.15) is 16.8 Å². The molecule has 0 saturated carbocycles. The van der Waals surface area contributed by atoms with Gasteiger partial charge in [-0.3, -0.25) is 14.7 Å². The maximum Gasteiger partial charge on any atom is 0.433 e. The van der Waals surface area contributed by atoms with Gasteiger partial charge in [0.2, 0.25) is 0 Å². The zero-order valence-electron chi connectivity index (χ0n) is 15.9. The van der Waals surface area contributed by atoms with E-state index in [4.69, 9.17) is 5.73 Å².